The summed E-state index contributed by atoms with van der Waals surface area (Å²) in [6, 6.07) is 0. The second-order valence-corrected chi connectivity index (χ2v) is 4.05. The first kappa shape index (κ1) is 14.0. The lowest BCUT2D eigenvalue weighted by Crippen LogP contribution is -2.09. The molecule has 14 heavy (non-hydrogen) atoms. The van der Waals surface area contributed by atoms with Crippen molar-refractivity contribution < 1.29 is 4.74 Å². The molecule has 0 aliphatic carbocycles. The molecule has 0 fully saturated rings. The Morgan fingerprint density at radius 2 is 1.57 bits per heavy atom. The second kappa shape index (κ2) is 11.0. The number of hydrogen-bond acceptors (Lipinski definition) is 1. The first-order valence-corrected chi connectivity index (χ1v) is 6.26. The summed E-state index contributed by atoms with van der Waals surface area (Å²) in [6.07, 6.45) is 10.4. The highest BCUT2D eigenvalue weighted by Gasteiger charge is 2.00. The van der Waals surface area contributed by atoms with Gasteiger partial charge in [-0.15, -0.1) is 0 Å². The summed E-state index contributed by atoms with van der Waals surface area (Å²) in [5.41, 5.74) is 0. The summed E-state index contributed by atoms with van der Waals surface area (Å²) in [4.78, 5) is 0. The van der Waals surface area contributed by atoms with Crippen molar-refractivity contribution in [1.82, 2.24) is 0 Å². The van der Waals surface area contributed by atoms with Gasteiger partial charge < -0.3 is 4.74 Å². The first-order chi connectivity index (χ1) is 6.81. The van der Waals surface area contributed by atoms with Crippen LogP contribution in [0.5, 0.6) is 0 Å². The third kappa shape index (κ3) is 10.0. The molecule has 85 valence electrons. The highest BCUT2D eigenvalue weighted by Crippen LogP contribution is 2.09. The predicted octanol–water partition coefficient (Wildman–Crippen LogP) is 4.37. The van der Waals surface area contributed by atoms with E-state index in [1.165, 1.54) is 44.9 Å². The van der Waals surface area contributed by atoms with Gasteiger partial charge in [-0.3, -0.25) is 0 Å². The number of hydrogen-bond donors (Lipinski definition) is 0. The summed E-state index contributed by atoms with van der Waals surface area (Å²) < 4.78 is 5.58. The number of unbranched alkanes of at least 4 members (excludes halogenated alkanes) is 5. The van der Waals surface area contributed by atoms with Crippen molar-refractivity contribution in [2.45, 2.75) is 71.3 Å². The van der Waals surface area contributed by atoms with Gasteiger partial charge in [0.25, 0.3) is 0 Å². The van der Waals surface area contributed by atoms with E-state index < -0.39 is 0 Å². The minimum absolute atomic E-state index is 0.225. The molecule has 1 nitrogen and oxygen atoms in total. The molecule has 1 atom stereocenters. The van der Waals surface area contributed by atoms with Gasteiger partial charge in [0.15, 0.2) is 0 Å². The maximum Gasteiger partial charge on any atom is 0.0576 e. The lowest BCUT2D eigenvalue weighted by molar-refractivity contribution is 0.0736. The minimum atomic E-state index is 0.225. The zero-order valence-electron chi connectivity index (χ0n) is 10.1. The quantitative estimate of drug-likeness (QED) is 0.475. The van der Waals surface area contributed by atoms with E-state index in [4.69, 9.17) is 4.74 Å². The van der Waals surface area contributed by atoms with E-state index in [2.05, 4.69) is 20.8 Å². The molecule has 0 aliphatic heterocycles. The van der Waals surface area contributed by atoms with Crippen LogP contribution in [0.15, 0.2) is 0 Å². The van der Waals surface area contributed by atoms with Crippen molar-refractivity contribution >= 4 is 0 Å². The number of ether oxygens (including phenoxy) is 1. The molecular formula is C13H27O. The van der Waals surface area contributed by atoms with Crippen molar-refractivity contribution in [2.75, 3.05) is 6.61 Å². The van der Waals surface area contributed by atoms with Crippen LogP contribution in [0.25, 0.3) is 0 Å². The molecule has 1 radical (unpaired) electrons. The molecule has 1 heteroatoms. The highest BCUT2D eigenvalue weighted by atomic mass is 16.5. The standard InChI is InChI=1S/C13H27O/c1-4-6-8-9-10-11-13(3)14-12-7-5-2/h13H,3-12H2,1-2H3. The van der Waals surface area contributed by atoms with E-state index in [1.54, 1.807) is 0 Å². The predicted molar refractivity (Wildman–Crippen MR) is 63.4 cm³/mol. The van der Waals surface area contributed by atoms with E-state index >= 15 is 0 Å². The van der Waals surface area contributed by atoms with Crippen LogP contribution < -0.4 is 0 Å². The Balaban J connectivity index is 3.06. The van der Waals surface area contributed by atoms with E-state index in [-0.39, 0.29) is 6.10 Å². The summed E-state index contributed by atoms with van der Waals surface area (Å²) in [6.45, 7) is 9.33. The Morgan fingerprint density at radius 1 is 0.929 bits per heavy atom. The molecule has 0 saturated heterocycles. The summed E-state index contributed by atoms with van der Waals surface area (Å²) in [5.74, 6) is 0. The molecular weight excluding hydrogens is 172 g/mol. The average molecular weight is 199 g/mol. The monoisotopic (exact) mass is 199 g/mol. The van der Waals surface area contributed by atoms with E-state index in [0.717, 1.165) is 13.0 Å². The minimum Gasteiger partial charge on any atom is -0.378 e. The van der Waals surface area contributed by atoms with E-state index in [9.17, 15) is 0 Å². The Hall–Kier alpha value is -0.0400. The SMILES string of the molecule is [CH2]C(CCCCCCC)OCCCC. The van der Waals surface area contributed by atoms with Gasteiger partial charge in [0, 0.05) is 6.61 Å². The van der Waals surface area contributed by atoms with E-state index in [0.29, 0.717) is 0 Å². The molecule has 0 aromatic heterocycles. The van der Waals surface area contributed by atoms with Gasteiger partial charge in [-0.1, -0.05) is 52.4 Å². The van der Waals surface area contributed by atoms with Crippen molar-refractivity contribution in [1.29, 1.82) is 0 Å². The van der Waals surface area contributed by atoms with Crippen LogP contribution in [0.4, 0.5) is 0 Å². The lowest BCUT2D eigenvalue weighted by Gasteiger charge is -2.12. The van der Waals surface area contributed by atoms with E-state index in [1.807, 2.05) is 0 Å². The molecule has 0 rings (SSSR count). The molecule has 0 spiro atoms. The zero-order chi connectivity index (χ0) is 10.6. The fraction of sp³-hybridized carbons (Fsp3) is 0.923. The Labute approximate surface area is 90.2 Å². The fourth-order valence-electron chi connectivity index (χ4n) is 1.45. The third-order valence-electron chi connectivity index (χ3n) is 2.48. The third-order valence-corrected chi connectivity index (χ3v) is 2.48. The van der Waals surface area contributed by atoms with Gasteiger partial charge in [0.1, 0.15) is 0 Å². The van der Waals surface area contributed by atoms with Crippen molar-refractivity contribution in [2.24, 2.45) is 0 Å². The Kier molecular flexibility index (Phi) is 11.0. The van der Waals surface area contributed by atoms with Crippen LogP contribution in [0.1, 0.15) is 65.2 Å². The summed E-state index contributed by atoms with van der Waals surface area (Å²) >= 11 is 0. The van der Waals surface area contributed by atoms with Gasteiger partial charge in [-0.25, -0.2) is 0 Å². The fourth-order valence-corrected chi connectivity index (χ4v) is 1.45. The molecule has 0 aliphatic rings. The second-order valence-electron chi connectivity index (χ2n) is 4.05. The maximum absolute atomic E-state index is 5.58. The molecule has 0 saturated carbocycles. The molecule has 0 aromatic carbocycles. The number of rotatable bonds is 10. The van der Waals surface area contributed by atoms with Gasteiger partial charge >= 0.3 is 0 Å². The van der Waals surface area contributed by atoms with Crippen molar-refractivity contribution in [3.05, 3.63) is 6.92 Å². The van der Waals surface area contributed by atoms with Gasteiger partial charge in [0.2, 0.25) is 0 Å². The van der Waals surface area contributed by atoms with Crippen LogP contribution in [0.3, 0.4) is 0 Å². The van der Waals surface area contributed by atoms with Crippen LogP contribution in [0, 0.1) is 6.92 Å². The summed E-state index contributed by atoms with van der Waals surface area (Å²) in [5, 5.41) is 0. The largest absolute Gasteiger partial charge is 0.378 e. The van der Waals surface area contributed by atoms with Crippen LogP contribution in [-0.4, -0.2) is 12.7 Å². The lowest BCUT2D eigenvalue weighted by atomic mass is 10.1. The van der Waals surface area contributed by atoms with Crippen molar-refractivity contribution in [3.63, 3.8) is 0 Å². The zero-order valence-corrected chi connectivity index (χ0v) is 10.1. The Morgan fingerprint density at radius 3 is 2.21 bits per heavy atom. The molecule has 0 aromatic rings. The highest BCUT2D eigenvalue weighted by molar-refractivity contribution is 4.60. The maximum atomic E-state index is 5.58. The molecule has 0 amide bonds. The smallest absolute Gasteiger partial charge is 0.0576 e. The normalized spacial score (nSPS) is 13.1. The topological polar surface area (TPSA) is 9.23 Å². The summed E-state index contributed by atoms with van der Waals surface area (Å²) in [7, 11) is 0. The molecule has 0 bridgehead atoms. The molecule has 1 unspecified atom stereocenters. The van der Waals surface area contributed by atoms with Crippen molar-refractivity contribution in [3.8, 4) is 0 Å². The molecule has 0 heterocycles. The Bertz CT molecular complexity index is 101. The van der Waals surface area contributed by atoms with Gasteiger partial charge in [-0.2, -0.15) is 0 Å². The average Bonchev–Trinajstić information content (AvgIpc) is 2.18. The van der Waals surface area contributed by atoms with Gasteiger partial charge in [0.05, 0.1) is 6.10 Å². The van der Waals surface area contributed by atoms with Gasteiger partial charge in [-0.05, 0) is 19.8 Å². The van der Waals surface area contributed by atoms with Crippen LogP contribution >= 0.6 is 0 Å². The first-order valence-electron chi connectivity index (χ1n) is 6.26. The van der Waals surface area contributed by atoms with Crippen LogP contribution in [0.2, 0.25) is 0 Å². The molecule has 0 N–H and O–H groups in total. The van der Waals surface area contributed by atoms with Crippen LogP contribution in [-0.2, 0) is 4.74 Å².